The molecule has 0 heterocycles. The van der Waals surface area contributed by atoms with E-state index in [4.69, 9.17) is 4.74 Å². The summed E-state index contributed by atoms with van der Waals surface area (Å²) in [4.78, 5) is 24.2. The molecule has 0 fully saturated rings. The normalized spacial score (nSPS) is 11.8. The first-order valence-electron chi connectivity index (χ1n) is 10.0. The van der Waals surface area contributed by atoms with Crippen LogP contribution in [0.25, 0.3) is 0 Å². The zero-order chi connectivity index (χ0) is 22.1. The fraction of sp³-hybridized carbons (Fsp3) is 0.391. The lowest BCUT2D eigenvalue weighted by molar-refractivity contribution is -0.121. The van der Waals surface area contributed by atoms with E-state index >= 15 is 0 Å². The predicted octanol–water partition coefficient (Wildman–Crippen LogP) is 4.63. The lowest BCUT2D eigenvalue weighted by atomic mass is 10.1. The third kappa shape index (κ3) is 8.14. The molecule has 162 valence electrons. The van der Waals surface area contributed by atoms with Gasteiger partial charge in [-0.05, 0) is 85.4 Å². The van der Waals surface area contributed by atoms with Crippen LogP contribution in [0.1, 0.15) is 49.5 Å². The van der Waals surface area contributed by atoms with Crippen LogP contribution in [-0.2, 0) is 11.2 Å². The van der Waals surface area contributed by atoms with Gasteiger partial charge in [0.15, 0.2) is 0 Å². The highest BCUT2D eigenvalue weighted by Gasteiger charge is 2.12. The maximum absolute atomic E-state index is 13.3. The Morgan fingerprint density at radius 1 is 1.10 bits per heavy atom. The molecule has 2 N–H and O–H groups in total. The summed E-state index contributed by atoms with van der Waals surface area (Å²) >= 11 is 3.22. The highest BCUT2D eigenvalue weighted by atomic mass is 79.9. The monoisotopic (exact) mass is 478 g/mol. The van der Waals surface area contributed by atoms with Crippen molar-refractivity contribution in [2.24, 2.45) is 0 Å². The zero-order valence-electron chi connectivity index (χ0n) is 17.5. The van der Waals surface area contributed by atoms with Crippen molar-refractivity contribution in [2.45, 2.75) is 52.2 Å². The van der Waals surface area contributed by atoms with Crippen LogP contribution < -0.4 is 15.4 Å². The van der Waals surface area contributed by atoms with Gasteiger partial charge >= 0.3 is 0 Å². The molecule has 0 bridgehead atoms. The molecule has 2 aromatic carbocycles. The van der Waals surface area contributed by atoms with Gasteiger partial charge in [0.1, 0.15) is 11.6 Å². The van der Waals surface area contributed by atoms with Crippen molar-refractivity contribution in [2.75, 3.05) is 6.54 Å². The van der Waals surface area contributed by atoms with E-state index in [2.05, 4.69) is 26.6 Å². The summed E-state index contributed by atoms with van der Waals surface area (Å²) in [7, 11) is 0. The van der Waals surface area contributed by atoms with E-state index in [0.29, 0.717) is 4.47 Å². The van der Waals surface area contributed by atoms with Crippen molar-refractivity contribution in [1.82, 2.24) is 10.6 Å². The van der Waals surface area contributed by atoms with E-state index in [9.17, 15) is 14.0 Å². The number of ether oxygens (including phenoxy) is 1. The van der Waals surface area contributed by atoms with Crippen LogP contribution in [0.3, 0.4) is 0 Å². The van der Waals surface area contributed by atoms with Gasteiger partial charge in [-0.25, -0.2) is 4.39 Å². The Hall–Kier alpha value is -2.41. The Morgan fingerprint density at radius 3 is 2.47 bits per heavy atom. The summed E-state index contributed by atoms with van der Waals surface area (Å²) in [6.07, 6.45) is 1.95. The van der Waals surface area contributed by atoms with Gasteiger partial charge in [-0.2, -0.15) is 0 Å². The Bertz CT molecular complexity index is 856. The summed E-state index contributed by atoms with van der Waals surface area (Å²) in [5.74, 6) is -0.201. The van der Waals surface area contributed by atoms with E-state index in [1.165, 1.54) is 17.7 Å². The predicted molar refractivity (Wildman–Crippen MR) is 119 cm³/mol. The highest BCUT2D eigenvalue weighted by molar-refractivity contribution is 9.10. The number of rotatable bonds is 10. The van der Waals surface area contributed by atoms with Gasteiger partial charge in [0.05, 0.1) is 11.7 Å². The quantitative estimate of drug-likeness (QED) is 0.522. The summed E-state index contributed by atoms with van der Waals surface area (Å²) in [5, 5.41) is 5.58. The van der Waals surface area contributed by atoms with E-state index in [1.54, 1.807) is 0 Å². The van der Waals surface area contributed by atoms with Gasteiger partial charge in [0.2, 0.25) is 5.91 Å². The lowest BCUT2D eigenvalue weighted by Gasteiger charge is -2.15. The van der Waals surface area contributed by atoms with Crippen molar-refractivity contribution < 1.29 is 18.7 Å². The molecule has 0 aliphatic heterocycles. The highest BCUT2D eigenvalue weighted by Crippen LogP contribution is 2.18. The molecule has 0 aliphatic rings. The maximum Gasteiger partial charge on any atom is 0.252 e. The molecule has 0 saturated heterocycles. The molecule has 1 atom stereocenters. The lowest BCUT2D eigenvalue weighted by Crippen LogP contribution is -2.35. The number of nitrogens with one attached hydrogen (secondary N) is 2. The minimum atomic E-state index is -0.489. The SMILES string of the molecule is CC(CCc1ccc(OC(C)C)cc1)NC(=O)CCNC(=O)c1cc(F)ccc1Br. The van der Waals surface area contributed by atoms with E-state index in [0.717, 1.165) is 24.7 Å². The third-order valence-electron chi connectivity index (χ3n) is 4.38. The average molecular weight is 479 g/mol. The minimum absolute atomic E-state index is 0.0113. The van der Waals surface area contributed by atoms with Crippen LogP contribution in [0, 0.1) is 5.82 Å². The average Bonchev–Trinajstić information content (AvgIpc) is 2.68. The first kappa shape index (κ1) is 23.9. The molecule has 30 heavy (non-hydrogen) atoms. The Labute approximate surface area is 185 Å². The Morgan fingerprint density at radius 2 is 1.80 bits per heavy atom. The number of halogens is 2. The van der Waals surface area contributed by atoms with Crippen molar-refractivity contribution >= 4 is 27.7 Å². The number of aryl methyl sites for hydroxylation is 1. The Kier molecular flexibility index (Phi) is 9.30. The largest absolute Gasteiger partial charge is 0.491 e. The summed E-state index contributed by atoms with van der Waals surface area (Å²) < 4.78 is 19.4. The summed E-state index contributed by atoms with van der Waals surface area (Å²) in [5.41, 5.74) is 1.38. The minimum Gasteiger partial charge on any atom is -0.491 e. The van der Waals surface area contributed by atoms with Crippen molar-refractivity contribution in [3.63, 3.8) is 0 Å². The number of benzene rings is 2. The molecular weight excluding hydrogens is 451 g/mol. The second kappa shape index (κ2) is 11.7. The first-order chi connectivity index (χ1) is 14.2. The fourth-order valence-corrected chi connectivity index (χ4v) is 3.29. The van der Waals surface area contributed by atoms with E-state index in [1.807, 2.05) is 45.0 Å². The molecule has 5 nitrogen and oxygen atoms in total. The van der Waals surface area contributed by atoms with Gasteiger partial charge in [0, 0.05) is 23.5 Å². The maximum atomic E-state index is 13.3. The van der Waals surface area contributed by atoms with Crippen LogP contribution in [0.2, 0.25) is 0 Å². The summed E-state index contributed by atoms with van der Waals surface area (Å²) in [6.45, 7) is 6.11. The van der Waals surface area contributed by atoms with E-state index < -0.39 is 11.7 Å². The molecule has 0 aromatic heterocycles. The van der Waals surface area contributed by atoms with Crippen LogP contribution in [-0.4, -0.2) is 30.5 Å². The van der Waals surface area contributed by atoms with Gasteiger partial charge in [0.25, 0.3) is 5.91 Å². The Balaban J connectivity index is 1.69. The summed E-state index contributed by atoms with van der Waals surface area (Å²) in [6, 6.07) is 11.9. The van der Waals surface area contributed by atoms with Gasteiger partial charge in [-0.15, -0.1) is 0 Å². The number of hydrogen-bond acceptors (Lipinski definition) is 3. The van der Waals surface area contributed by atoms with E-state index in [-0.39, 0.29) is 36.6 Å². The molecule has 7 heteroatoms. The molecule has 2 aromatic rings. The van der Waals surface area contributed by atoms with Gasteiger partial charge < -0.3 is 15.4 Å². The van der Waals surface area contributed by atoms with Crippen molar-refractivity contribution in [1.29, 1.82) is 0 Å². The van der Waals surface area contributed by atoms with Gasteiger partial charge in [-0.3, -0.25) is 9.59 Å². The molecule has 1 unspecified atom stereocenters. The second-order valence-electron chi connectivity index (χ2n) is 7.45. The molecule has 0 saturated carbocycles. The van der Waals surface area contributed by atoms with Gasteiger partial charge in [-0.1, -0.05) is 12.1 Å². The van der Waals surface area contributed by atoms with Crippen molar-refractivity contribution in [3.8, 4) is 5.75 Å². The van der Waals surface area contributed by atoms with Crippen molar-refractivity contribution in [3.05, 3.63) is 63.9 Å². The molecule has 0 radical (unpaired) electrons. The molecule has 2 rings (SSSR count). The number of carbonyl (C=O) groups is 2. The molecule has 2 amide bonds. The van der Waals surface area contributed by atoms with Crippen LogP contribution in [0.5, 0.6) is 5.75 Å². The molecular formula is C23H28BrFN2O3. The van der Waals surface area contributed by atoms with Crippen LogP contribution in [0.15, 0.2) is 46.9 Å². The smallest absolute Gasteiger partial charge is 0.252 e. The first-order valence-corrected chi connectivity index (χ1v) is 10.8. The number of hydrogen-bond donors (Lipinski definition) is 2. The topological polar surface area (TPSA) is 67.4 Å². The standard InChI is InChI=1S/C23H28BrFN2O3/c1-15(2)30-19-9-6-17(7-10-19)5-4-16(3)27-22(28)12-13-26-23(29)20-14-18(25)8-11-21(20)24/h6-11,14-16H,4-5,12-13H2,1-3H3,(H,26,29)(H,27,28). The zero-order valence-corrected chi connectivity index (χ0v) is 19.1. The molecule has 0 aliphatic carbocycles. The number of amides is 2. The number of carbonyl (C=O) groups excluding carboxylic acids is 2. The molecule has 0 spiro atoms. The second-order valence-corrected chi connectivity index (χ2v) is 8.30. The fourth-order valence-electron chi connectivity index (χ4n) is 2.87. The van der Waals surface area contributed by atoms with Crippen LogP contribution >= 0.6 is 15.9 Å². The van der Waals surface area contributed by atoms with Crippen LogP contribution in [0.4, 0.5) is 4.39 Å². The third-order valence-corrected chi connectivity index (χ3v) is 5.07.